The average Bonchev–Trinajstić information content (AvgIpc) is 2.19. The minimum atomic E-state index is -0.0380. The minimum Gasteiger partial charge on any atom is -0.493 e. The summed E-state index contributed by atoms with van der Waals surface area (Å²) >= 11 is 5.89. The van der Waals surface area contributed by atoms with Gasteiger partial charge in [0.2, 0.25) is 0 Å². The molecule has 1 aliphatic rings. The van der Waals surface area contributed by atoms with Gasteiger partial charge >= 0.3 is 0 Å². The topological polar surface area (TPSA) is 59.0 Å². The lowest BCUT2D eigenvalue weighted by Crippen LogP contribution is -2.20. The first-order valence-electron chi connectivity index (χ1n) is 4.34. The van der Waals surface area contributed by atoms with Gasteiger partial charge < -0.3 is 10.5 Å². The van der Waals surface area contributed by atoms with Crippen LogP contribution in [-0.2, 0) is 0 Å². The van der Waals surface area contributed by atoms with Gasteiger partial charge in [0.1, 0.15) is 11.8 Å². The van der Waals surface area contributed by atoms with E-state index in [1.165, 1.54) is 0 Å². The molecule has 1 atom stereocenters. The molecule has 0 amide bonds. The molecule has 1 aromatic carbocycles. The summed E-state index contributed by atoms with van der Waals surface area (Å²) in [6.45, 7) is 0.598. The standard InChI is InChI=1S/C10H9ClN2O/c11-8-4-7-9(13)1-2-14-10(7)3-6(8)5-12/h3-4,9H,1-2,13H2/t9-/m0/s1. The fraction of sp³-hybridized carbons (Fsp3) is 0.300. The molecule has 0 saturated carbocycles. The zero-order valence-corrected chi connectivity index (χ0v) is 8.21. The fourth-order valence-corrected chi connectivity index (χ4v) is 1.73. The molecule has 0 fully saturated rings. The number of fused-ring (bicyclic) bond motifs is 1. The smallest absolute Gasteiger partial charge is 0.125 e. The zero-order chi connectivity index (χ0) is 10.1. The first-order valence-corrected chi connectivity index (χ1v) is 4.72. The minimum absolute atomic E-state index is 0.0380. The van der Waals surface area contributed by atoms with Crippen molar-refractivity contribution in [1.29, 1.82) is 5.26 Å². The molecule has 2 N–H and O–H groups in total. The summed E-state index contributed by atoms with van der Waals surface area (Å²) in [5, 5.41) is 9.20. The van der Waals surface area contributed by atoms with E-state index in [2.05, 4.69) is 0 Å². The van der Waals surface area contributed by atoms with Gasteiger partial charge in [-0.1, -0.05) is 11.6 Å². The zero-order valence-electron chi connectivity index (χ0n) is 7.46. The normalized spacial score (nSPS) is 19.4. The van der Waals surface area contributed by atoms with Gasteiger partial charge in [0.25, 0.3) is 0 Å². The number of nitrogens with two attached hydrogens (primary N) is 1. The monoisotopic (exact) mass is 208 g/mol. The molecule has 72 valence electrons. The Bertz CT molecular complexity index is 411. The fourth-order valence-electron chi connectivity index (χ4n) is 1.52. The van der Waals surface area contributed by atoms with E-state index in [0.717, 1.165) is 12.0 Å². The van der Waals surface area contributed by atoms with E-state index in [9.17, 15) is 0 Å². The molecule has 3 nitrogen and oxygen atoms in total. The van der Waals surface area contributed by atoms with E-state index in [-0.39, 0.29) is 6.04 Å². The summed E-state index contributed by atoms with van der Waals surface area (Å²) in [6.07, 6.45) is 0.787. The van der Waals surface area contributed by atoms with Crippen LogP contribution in [0.5, 0.6) is 5.75 Å². The Balaban J connectivity index is 2.55. The van der Waals surface area contributed by atoms with Crippen LogP contribution in [0, 0.1) is 11.3 Å². The lowest BCUT2D eigenvalue weighted by molar-refractivity contribution is 0.269. The molecule has 1 aliphatic heterocycles. The molecule has 0 unspecified atom stereocenters. The molecule has 2 rings (SSSR count). The van der Waals surface area contributed by atoms with Gasteiger partial charge in [-0.15, -0.1) is 0 Å². The molecule has 1 heterocycles. The molecular formula is C10H9ClN2O. The van der Waals surface area contributed by atoms with Crippen molar-refractivity contribution in [3.8, 4) is 11.8 Å². The van der Waals surface area contributed by atoms with Crippen molar-refractivity contribution in [3.63, 3.8) is 0 Å². The Morgan fingerprint density at radius 2 is 2.36 bits per heavy atom. The Morgan fingerprint density at radius 3 is 3.07 bits per heavy atom. The highest BCUT2D eigenvalue weighted by molar-refractivity contribution is 6.31. The Hall–Kier alpha value is -1.24. The van der Waals surface area contributed by atoms with Gasteiger partial charge in [-0.05, 0) is 12.1 Å². The number of rotatable bonds is 0. The second-order valence-corrected chi connectivity index (χ2v) is 3.63. The van der Waals surface area contributed by atoms with Crippen molar-refractivity contribution in [2.45, 2.75) is 12.5 Å². The number of benzene rings is 1. The summed E-state index contributed by atoms with van der Waals surface area (Å²) in [7, 11) is 0. The SMILES string of the molecule is N#Cc1cc2c(cc1Cl)[C@@H](N)CCO2. The summed E-state index contributed by atoms with van der Waals surface area (Å²) in [6, 6.07) is 5.34. The first kappa shape index (κ1) is 9.32. The van der Waals surface area contributed by atoms with Crippen molar-refractivity contribution in [2.24, 2.45) is 5.73 Å². The van der Waals surface area contributed by atoms with Gasteiger partial charge in [-0.25, -0.2) is 0 Å². The van der Waals surface area contributed by atoms with E-state index in [0.29, 0.717) is 22.9 Å². The van der Waals surface area contributed by atoms with Crippen LogP contribution in [0.3, 0.4) is 0 Å². The molecular weight excluding hydrogens is 200 g/mol. The second kappa shape index (κ2) is 3.49. The average molecular weight is 209 g/mol. The quantitative estimate of drug-likeness (QED) is 0.710. The van der Waals surface area contributed by atoms with Crippen molar-refractivity contribution in [3.05, 3.63) is 28.3 Å². The molecule has 0 aromatic heterocycles. The van der Waals surface area contributed by atoms with Crippen LogP contribution < -0.4 is 10.5 Å². The van der Waals surface area contributed by atoms with Gasteiger partial charge in [0.05, 0.1) is 17.2 Å². The van der Waals surface area contributed by atoms with Gasteiger partial charge in [-0.2, -0.15) is 5.26 Å². The number of hydrogen-bond acceptors (Lipinski definition) is 3. The maximum Gasteiger partial charge on any atom is 0.125 e. The van der Waals surface area contributed by atoms with Crippen molar-refractivity contribution >= 4 is 11.6 Å². The highest BCUT2D eigenvalue weighted by Gasteiger charge is 2.19. The first-order chi connectivity index (χ1) is 6.72. The van der Waals surface area contributed by atoms with Crippen LogP contribution in [0.15, 0.2) is 12.1 Å². The largest absolute Gasteiger partial charge is 0.493 e. The lowest BCUT2D eigenvalue weighted by atomic mass is 10.00. The summed E-state index contributed by atoms with van der Waals surface area (Å²) in [5.74, 6) is 0.685. The van der Waals surface area contributed by atoms with Crippen LogP contribution in [-0.4, -0.2) is 6.61 Å². The van der Waals surface area contributed by atoms with E-state index in [1.807, 2.05) is 6.07 Å². The van der Waals surface area contributed by atoms with E-state index in [1.54, 1.807) is 12.1 Å². The third-order valence-corrected chi connectivity index (χ3v) is 2.62. The van der Waals surface area contributed by atoms with Crippen LogP contribution in [0.25, 0.3) is 0 Å². The Labute approximate surface area is 87.0 Å². The molecule has 0 aliphatic carbocycles. The van der Waals surface area contributed by atoms with Crippen LogP contribution in [0.4, 0.5) is 0 Å². The van der Waals surface area contributed by atoms with Crippen LogP contribution in [0.1, 0.15) is 23.6 Å². The maximum atomic E-state index is 8.76. The van der Waals surface area contributed by atoms with E-state index >= 15 is 0 Å². The van der Waals surface area contributed by atoms with Crippen LogP contribution in [0.2, 0.25) is 5.02 Å². The van der Waals surface area contributed by atoms with Gasteiger partial charge in [0.15, 0.2) is 0 Å². The molecule has 0 bridgehead atoms. The van der Waals surface area contributed by atoms with Gasteiger partial charge in [0, 0.05) is 18.0 Å². The molecule has 4 heteroatoms. The maximum absolute atomic E-state index is 8.76. The highest BCUT2D eigenvalue weighted by Crippen LogP contribution is 2.34. The highest BCUT2D eigenvalue weighted by atomic mass is 35.5. The lowest BCUT2D eigenvalue weighted by Gasteiger charge is -2.23. The van der Waals surface area contributed by atoms with Crippen molar-refractivity contribution < 1.29 is 4.74 Å². The second-order valence-electron chi connectivity index (χ2n) is 3.23. The molecule has 14 heavy (non-hydrogen) atoms. The summed E-state index contributed by atoms with van der Waals surface area (Å²) < 4.78 is 5.40. The number of halogens is 1. The van der Waals surface area contributed by atoms with Crippen LogP contribution >= 0.6 is 11.6 Å². The number of nitriles is 1. The summed E-state index contributed by atoms with van der Waals surface area (Å²) in [4.78, 5) is 0. The number of hydrogen-bond donors (Lipinski definition) is 1. The third kappa shape index (κ3) is 1.43. The van der Waals surface area contributed by atoms with E-state index < -0.39 is 0 Å². The van der Waals surface area contributed by atoms with E-state index in [4.69, 9.17) is 27.3 Å². The Morgan fingerprint density at radius 1 is 1.57 bits per heavy atom. The number of nitrogens with zero attached hydrogens (tertiary/aromatic N) is 1. The van der Waals surface area contributed by atoms with Gasteiger partial charge in [-0.3, -0.25) is 0 Å². The van der Waals surface area contributed by atoms with Crippen molar-refractivity contribution in [2.75, 3.05) is 6.61 Å². The third-order valence-electron chi connectivity index (χ3n) is 2.31. The summed E-state index contributed by atoms with van der Waals surface area (Å²) in [5.41, 5.74) is 7.20. The number of ether oxygens (including phenoxy) is 1. The Kier molecular flexibility index (Phi) is 2.32. The molecule has 1 aromatic rings. The predicted octanol–water partition coefficient (Wildman–Crippen LogP) is 1.99. The molecule has 0 radical (unpaired) electrons. The molecule has 0 spiro atoms. The molecule has 0 saturated heterocycles. The van der Waals surface area contributed by atoms with Crippen molar-refractivity contribution in [1.82, 2.24) is 0 Å². The predicted molar refractivity (Wildman–Crippen MR) is 53.2 cm³/mol.